The molecule has 0 bridgehead atoms. The maximum absolute atomic E-state index is 11.6. The summed E-state index contributed by atoms with van der Waals surface area (Å²) in [6.45, 7) is 2.05. The number of hydrogen-bond acceptors (Lipinski definition) is 2. The van der Waals surface area contributed by atoms with Gasteiger partial charge in [0.05, 0.1) is 6.07 Å². The van der Waals surface area contributed by atoms with E-state index < -0.39 is 5.41 Å². The zero-order valence-corrected chi connectivity index (χ0v) is 7.84. The van der Waals surface area contributed by atoms with Gasteiger partial charge in [0.2, 0.25) is 5.91 Å². The molecule has 0 aromatic heterocycles. The monoisotopic (exact) mass is 178 g/mol. The zero-order valence-electron chi connectivity index (χ0n) is 7.84. The smallest absolute Gasteiger partial charge is 0.241 e. The van der Waals surface area contributed by atoms with Gasteiger partial charge in [0.15, 0.2) is 0 Å². The highest BCUT2D eigenvalue weighted by atomic mass is 16.2. The molecule has 1 aliphatic heterocycles. The first-order valence-electron chi connectivity index (χ1n) is 4.95. The van der Waals surface area contributed by atoms with Crippen molar-refractivity contribution in [3.63, 3.8) is 0 Å². The Bertz CT molecular complexity index is 277. The van der Waals surface area contributed by atoms with Gasteiger partial charge in [0.1, 0.15) is 5.41 Å². The van der Waals surface area contributed by atoms with Gasteiger partial charge in [-0.1, -0.05) is 6.92 Å². The fourth-order valence-corrected chi connectivity index (χ4v) is 2.21. The molecule has 0 spiro atoms. The molecule has 1 N–H and O–H groups in total. The van der Waals surface area contributed by atoms with Crippen LogP contribution in [0.25, 0.3) is 0 Å². The van der Waals surface area contributed by atoms with E-state index in [1.54, 1.807) is 0 Å². The number of nitriles is 1. The largest absolute Gasteiger partial charge is 0.352 e. The van der Waals surface area contributed by atoms with Gasteiger partial charge >= 0.3 is 0 Å². The standard InChI is InChI=1S/C10H14N2O/c1-2-8-5-10(6-11,7-3-4-7)9(13)12-8/h7-8H,2-5H2,1H3,(H,12,13)/t8-,10+/m1/s1. The number of carbonyl (C=O) groups is 1. The molecule has 0 radical (unpaired) electrons. The Kier molecular flexibility index (Phi) is 1.80. The van der Waals surface area contributed by atoms with E-state index in [1.807, 2.05) is 6.92 Å². The highest BCUT2D eigenvalue weighted by Gasteiger charge is 2.56. The summed E-state index contributed by atoms with van der Waals surface area (Å²) in [5.74, 6) is 0.318. The Morgan fingerprint density at radius 3 is 2.77 bits per heavy atom. The SMILES string of the molecule is CC[C@@H]1C[C@](C#N)(C2CC2)C(=O)N1. The summed E-state index contributed by atoms with van der Waals surface area (Å²) in [7, 11) is 0. The van der Waals surface area contributed by atoms with Crippen LogP contribution in [0.4, 0.5) is 0 Å². The van der Waals surface area contributed by atoms with E-state index in [1.165, 1.54) is 0 Å². The second-order valence-corrected chi connectivity index (χ2v) is 4.14. The molecule has 1 saturated carbocycles. The van der Waals surface area contributed by atoms with Crippen molar-refractivity contribution in [2.24, 2.45) is 11.3 Å². The van der Waals surface area contributed by atoms with Gasteiger partial charge in [-0.3, -0.25) is 4.79 Å². The van der Waals surface area contributed by atoms with Crippen molar-refractivity contribution in [2.45, 2.75) is 38.6 Å². The first kappa shape index (κ1) is 8.55. The van der Waals surface area contributed by atoms with Crippen molar-refractivity contribution in [1.29, 1.82) is 5.26 Å². The molecule has 3 heteroatoms. The molecule has 0 aromatic carbocycles. The lowest BCUT2D eigenvalue weighted by Gasteiger charge is -2.15. The summed E-state index contributed by atoms with van der Waals surface area (Å²) in [5, 5.41) is 12.0. The maximum atomic E-state index is 11.6. The quantitative estimate of drug-likeness (QED) is 0.690. The Hall–Kier alpha value is -1.04. The lowest BCUT2D eigenvalue weighted by Crippen LogP contribution is -2.32. The van der Waals surface area contributed by atoms with Crippen LogP contribution in [0.1, 0.15) is 32.6 Å². The summed E-state index contributed by atoms with van der Waals surface area (Å²) < 4.78 is 0. The predicted octanol–water partition coefficient (Wildman–Crippen LogP) is 1.20. The van der Waals surface area contributed by atoms with Gasteiger partial charge in [0.25, 0.3) is 0 Å². The highest BCUT2D eigenvalue weighted by molar-refractivity contribution is 5.88. The van der Waals surface area contributed by atoms with Crippen molar-refractivity contribution in [1.82, 2.24) is 5.32 Å². The van der Waals surface area contributed by atoms with Gasteiger partial charge < -0.3 is 5.32 Å². The van der Waals surface area contributed by atoms with Gasteiger partial charge in [-0.2, -0.15) is 5.26 Å². The summed E-state index contributed by atoms with van der Waals surface area (Å²) in [6, 6.07) is 2.47. The molecule has 2 aliphatic rings. The van der Waals surface area contributed by atoms with E-state index in [2.05, 4.69) is 11.4 Å². The van der Waals surface area contributed by atoms with E-state index in [0.717, 1.165) is 25.7 Å². The molecule has 70 valence electrons. The molecule has 2 fully saturated rings. The second kappa shape index (κ2) is 2.73. The molecule has 0 unspecified atom stereocenters. The number of amides is 1. The number of rotatable bonds is 2. The zero-order chi connectivity index (χ0) is 9.47. The number of hydrogen-bond donors (Lipinski definition) is 1. The van der Waals surface area contributed by atoms with Crippen molar-refractivity contribution >= 4 is 5.91 Å². The summed E-state index contributed by atoms with van der Waals surface area (Å²) in [4.78, 5) is 11.6. The average Bonchev–Trinajstić information content (AvgIpc) is 2.92. The van der Waals surface area contributed by atoms with E-state index in [0.29, 0.717) is 5.92 Å². The number of nitrogens with zero attached hydrogens (tertiary/aromatic N) is 1. The molecule has 13 heavy (non-hydrogen) atoms. The van der Waals surface area contributed by atoms with Crippen molar-refractivity contribution in [2.75, 3.05) is 0 Å². The van der Waals surface area contributed by atoms with Crippen LogP contribution < -0.4 is 5.32 Å². The van der Waals surface area contributed by atoms with E-state index in [-0.39, 0.29) is 11.9 Å². The minimum Gasteiger partial charge on any atom is -0.352 e. The number of carbonyl (C=O) groups excluding carboxylic acids is 1. The fourth-order valence-electron chi connectivity index (χ4n) is 2.21. The third-order valence-electron chi connectivity index (χ3n) is 3.28. The highest BCUT2D eigenvalue weighted by Crippen LogP contribution is 2.50. The fraction of sp³-hybridized carbons (Fsp3) is 0.800. The van der Waals surface area contributed by atoms with Crippen LogP contribution in [0.2, 0.25) is 0 Å². The minimum atomic E-state index is -0.666. The maximum Gasteiger partial charge on any atom is 0.241 e. The molecule has 1 saturated heterocycles. The van der Waals surface area contributed by atoms with Crippen LogP contribution >= 0.6 is 0 Å². The first-order chi connectivity index (χ1) is 6.23. The Morgan fingerprint density at radius 1 is 1.69 bits per heavy atom. The van der Waals surface area contributed by atoms with Crippen LogP contribution in [0.15, 0.2) is 0 Å². The van der Waals surface area contributed by atoms with Crippen molar-refractivity contribution in [3.8, 4) is 6.07 Å². The van der Waals surface area contributed by atoms with E-state index >= 15 is 0 Å². The minimum absolute atomic E-state index is 0.0237. The van der Waals surface area contributed by atoms with Gasteiger partial charge in [-0.25, -0.2) is 0 Å². The van der Waals surface area contributed by atoms with Crippen LogP contribution in [0, 0.1) is 22.7 Å². The van der Waals surface area contributed by atoms with Crippen LogP contribution in [-0.2, 0) is 4.79 Å². The van der Waals surface area contributed by atoms with Gasteiger partial charge in [0, 0.05) is 6.04 Å². The van der Waals surface area contributed by atoms with Crippen molar-refractivity contribution in [3.05, 3.63) is 0 Å². The molecule has 2 atom stereocenters. The molecule has 2 rings (SSSR count). The molecule has 3 nitrogen and oxygen atoms in total. The summed E-state index contributed by atoms with van der Waals surface area (Å²) in [6.07, 6.45) is 3.76. The molecule has 0 aromatic rings. The van der Waals surface area contributed by atoms with E-state index in [4.69, 9.17) is 5.26 Å². The van der Waals surface area contributed by atoms with Crippen LogP contribution in [0.3, 0.4) is 0 Å². The summed E-state index contributed by atoms with van der Waals surface area (Å²) >= 11 is 0. The Labute approximate surface area is 78.1 Å². The Balaban J connectivity index is 2.21. The predicted molar refractivity (Wildman–Crippen MR) is 47.6 cm³/mol. The summed E-state index contributed by atoms with van der Waals surface area (Å²) in [5.41, 5.74) is -0.666. The lowest BCUT2D eigenvalue weighted by atomic mass is 9.81. The van der Waals surface area contributed by atoms with Crippen molar-refractivity contribution < 1.29 is 4.79 Å². The van der Waals surface area contributed by atoms with Crippen LogP contribution in [0.5, 0.6) is 0 Å². The molecular formula is C10H14N2O. The number of nitrogens with one attached hydrogen (secondary N) is 1. The first-order valence-corrected chi connectivity index (χ1v) is 4.95. The average molecular weight is 178 g/mol. The molecule has 1 aliphatic carbocycles. The molecule has 1 amide bonds. The molecule has 1 heterocycles. The van der Waals surface area contributed by atoms with Gasteiger partial charge in [-0.15, -0.1) is 0 Å². The van der Waals surface area contributed by atoms with Crippen LogP contribution in [-0.4, -0.2) is 11.9 Å². The van der Waals surface area contributed by atoms with Gasteiger partial charge in [-0.05, 0) is 31.6 Å². The van der Waals surface area contributed by atoms with E-state index in [9.17, 15) is 4.79 Å². The normalized spacial score (nSPS) is 38.5. The Morgan fingerprint density at radius 2 is 2.38 bits per heavy atom. The topological polar surface area (TPSA) is 52.9 Å². The third kappa shape index (κ3) is 1.13. The third-order valence-corrected chi connectivity index (χ3v) is 3.28. The lowest BCUT2D eigenvalue weighted by molar-refractivity contribution is -0.126. The molecular weight excluding hydrogens is 164 g/mol. The second-order valence-electron chi connectivity index (χ2n) is 4.14.